The van der Waals surface area contributed by atoms with Gasteiger partial charge in [-0.25, -0.2) is 0 Å². The monoisotopic (exact) mass is 234 g/mol. The Balaban J connectivity index is 2.22. The zero-order valence-corrected chi connectivity index (χ0v) is 10.5. The van der Waals surface area contributed by atoms with Crippen LogP contribution in [0.3, 0.4) is 0 Å². The standard InChI is InChI=1S/C14H18OS/c1-11-4-5-14-13(9-11)10-12(3-2-7-15)6-8-16-14/h3-5,9,15H,2,6-8,10H2,1H3. The number of allylic oxidation sites excluding steroid dienone is 1. The minimum absolute atomic E-state index is 0.261. The molecule has 0 bridgehead atoms. The van der Waals surface area contributed by atoms with E-state index in [0.29, 0.717) is 0 Å². The third-order valence-electron chi connectivity index (χ3n) is 2.88. The molecule has 1 aromatic rings. The second-order valence-electron chi connectivity index (χ2n) is 4.26. The first-order valence-corrected chi connectivity index (χ1v) is 6.79. The van der Waals surface area contributed by atoms with Gasteiger partial charge in [0.1, 0.15) is 0 Å². The molecule has 1 aliphatic rings. The number of thioether (sulfide) groups is 1. The number of fused-ring (bicyclic) bond motifs is 1. The van der Waals surface area contributed by atoms with Gasteiger partial charge in [0.05, 0.1) is 0 Å². The van der Waals surface area contributed by atoms with Crippen molar-refractivity contribution in [3.8, 4) is 0 Å². The molecule has 16 heavy (non-hydrogen) atoms. The summed E-state index contributed by atoms with van der Waals surface area (Å²) in [5.41, 5.74) is 4.26. The second kappa shape index (κ2) is 5.55. The number of aliphatic hydroxyl groups is 1. The lowest BCUT2D eigenvalue weighted by Crippen LogP contribution is -1.92. The summed E-state index contributed by atoms with van der Waals surface area (Å²) in [6, 6.07) is 6.72. The molecule has 2 heteroatoms. The van der Waals surface area contributed by atoms with Gasteiger partial charge in [-0.1, -0.05) is 29.3 Å². The number of benzene rings is 1. The summed E-state index contributed by atoms with van der Waals surface area (Å²) >= 11 is 1.95. The molecule has 0 radical (unpaired) electrons. The Morgan fingerprint density at radius 2 is 2.31 bits per heavy atom. The predicted octanol–water partition coefficient (Wildman–Crippen LogP) is 3.34. The summed E-state index contributed by atoms with van der Waals surface area (Å²) in [5.74, 6) is 1.16. The summed E-state index contributed by atoms with van der Waals surface area (Å²) in [6.45, 7) is 2.41. The van der Waals surface area contributed by atoms with Gasteiger partial charge in [-0.15, -0.1) is 11.8 Å². The number of rotatable bonds is 2. The summed E-state index contributed by atoms with van der Waals surface area (Å²) in [4.78, 5) is 1.43. The fourth-order valence-corrected chi connectivity index (χ4v) is 3.12. The number of hydrogen-bond acceptors (Lipinski definition) is 2. The highest BCUT2D eigenvalue weighted by atomic mass is 32.2. The zero-order valence-electron chi connectivity index (χ0n) is 9.70. The van der Waals surface area contributed by atoms with E-state index in [-0.39, 0.29) is 6.61 Å². The molecular formula is C14H18OS. The topological polar surface area (TPSA) is 20.2 Å². The average molecular weight is 234 g/mol. The van der Waals surface area contributed by atoms with Crippen LogP contribution in [0, 0.1) is 6.92 Å². The Bertz CT molecular complexity index is 396. The summed E-state index contributed by atoms with van der Waals surface area (Å²) in [7, 11) is 0. The van der Waals surface area contributed by atoms with E-state index in [1.807, 2.05) is 11.8 Å². The maximum Gasteiger partial charge on any atom is 0.0465 e. The molecule has 1 nitrogen and oxygen atoms in total. The minimum atomic E-state index is 0.261. The van der Waals surface area contributed by atoms with Crippen molar-refractivity contribution in [3.63, 3.8) is 0 Å². The number of aliphatic hydroxyl groups excluding tert-OH is 1. The lowest BCUT2D eigenvalue weighted by molar-refractivity contribution is 0.302. The fourth-order valence-electron chi connectivity index (χ4n) is 2.06. The third kappa shape index (κ3) is 2.89. The molecule has 0 aromatic heterocycles. The first-order chi connectivity index (χ1) is 7.79. The van der Waals surface area contributed by atoms with Gasteiger partial charge >= 0.3 is 0 Å². The molecule has 0 unspecified atom stereocenters. The Labute approximate surface area is 102 Å². The van der Waals surface area contributed by atoms with Crippen molar-refractivity contribution < 1.29 is 5.11 Å². The molecule has 1 N–H and O–H groups in total. The summed E-state index contributed by atoms with van der Waals surface area (Å²) < 4.78 is 0. The van der Waals surface area contributed by atoms with E-state index in [4.69, 9.17) is 5.11 Å². The fraction of sp³-hybridized carbons (Fsp3) is 0.429. The van der Waals surface area contributed by atoms with Crippen LogP contribution in [0.25, 0.3) is 0 Å². The zero-order chi connectivity index (χ0) is 11.4. The van der Waals surface area contributed by atoms with Crippen molar-refractivity contribution in [2.45, 2.75) is 31.1 Å². The Hall–Kier alpha value is -0.730. The van der Waals surface area contributed by atoms with Crippen molar-refractivity contribution in [1.82, 2.24) is 0 Å². The molecule has 0 saturated carbocycles. The molecule has 1 aliphatic heterocycles. The van der Waals surface area contributed by atoms with E-state index >= 15 is 0 Å². The van der Waals surface area contributed by atoms with E-state index in [9.17, 15) is 0 Å². The molecular weight excluding hydrogens is 216 g/mol. The minimum Gasteiger partial charge on any atom is -0.396 e. The van der Waals surface area contributed by atoms with Gasteiger partial charge in [-0.3, -0.25) is 0 Å². The Kier molecular flexibility index (Phi) is 4.08. The number of hydrogen-bond donors (Lipinski definition) is 1. The van der Waals surface area contributed by atoms with Gasteiger partial charge in [0, 0.05) is 17.3 Å². The number of aryl methyl sites for hydroxylation is 1. The van der Waals surface area contributed by atoms with E-state index in [1.165, 1.54) is 21.6 Å². The average Bonchev–Trinajstić information content (AvgIpc) is 2.47. The molecule has 0 atom stereocenters. The molecule has 1 aromatic carbocycles. The molecule has 86 valence electrons. The summed E-state index contributed by atoms with van der Waals surface area (Å²) in [6.07, 6.45) is 5.21. The Morgan fingerprint density at radius 1 is 1.44 bits per heavy atom. The highest BCUT2D eigenvalue weighted by Gasteiger charge is 2.11. The van der Waals surface area contributed by atoms with Crippen LogP contribution in [0.5, 0.6) is 0 Å². The second-order valence-corrected chi connectivity index (χ2v) is 5.40. The maximum absolute atomic E-state index is 8.86. The van der Waals surface area contributed by atoms with Crippen LogP contribution in [0.2, 0.25) is 0 Å². The molecule has 0 saturated heterocycles. The molecule has 0 spiro atoms. The molecule has 1 heterocycles. The van der Waals surface area contributed by atoms with Crippen molar-refractivity contribution in [3.05, 3.63) is 41.0 Å². The largest absolute Gasteiger partial charge is 0.396 e. The highest BCUT2D eigenvalue weighted by Crippen LogP contribution is 2.31. The van der Waals surface area contributed by atoms with Crippen LogP contribution in [0.4, 0.5) is 0 Å². The van der Waals surface area contributed by atoms with Crippen LogP contribution >= 0.6 is 11.8 Å². The molecule has 0 amide bonds. The van der Waals surface area contributed by atoms with Crippen LogP contribution in [0.1, 0.15) is 24.0 Å². The van der Waals surface area contributed by atoms with Crippen LogP contribution in [-0.2, 0) is 6.42 Å². The van der Waals surface area contributed by atoms with Gasteiger partial charge in [0.15, 0.2) is 0 Å². The van der Waals surface area contributed by atoms with Crippen LogP contribution in [0.15, 0.2) is 34.7 Å². The quantitative estimate of drug-likeness (QED) is 0.792. The first-order valence-electron chi connectivity index (χ1n) is 5.80. The highest BCUT2D eigenvalue weighted by molar-refractivity contribution is 7.99. The van der Waals surface area contributed by atoms with E-state index < -0.39 is 0 Å². The van der Waals surface area contributed by atoms with Gasteiger partial charge in [-0.2, -0.15) is 0 Å². The maximum atomic E-state index is 8.86. The van der Waals surface area contributed by atoms with Crippen molar-refractivity contribution >= 4 is 11.8 Å². The van der Waals surface area contributed by atoms with Gasteiger partial charge < -0.3 is 5.11 Å². The predicted molar refractivity (Wildman–Crippen MR) is 70.0 cm³/mol. The molecule has 0 aliphatic carbocycles. The lowest BCUT2D eigenvalue weighted by Gasteiger charge is -2.06. The Morgan fingerprint density at radius 3 is 3.12 bits per heavy atom. The SMILES string of the molecule is Cc1ccc2c(c1)CC(=CCCO)CCS2. The van der Waals surface area contributed by atoms with Crippen LogP contribution in [-0.4, -0.2) is 17.5 Å². The van der Waals surface area contributed by atoms with E-state index in [2.05, 4.69) is 31.2 Å². The smallest absolute Gasteiger partial charge is 0.0465 e. The van der Waals surface area contributed by atoms with Gasteiger partial charge in [0.25, 0.3) is 0 Å². The van der Waals surface area contributed by atoms with E-state index in [0.717, 1.165) is 25.0 Å². The molecule has 0 fully saturated rings. The summed E-state index contributed by atoms with van der Waals surface area (Å²) in [5, 5.41) is 8.86. The van der Waals surface area contributed by atoms with E-state index in [1.54, 1.807) is 0 Å². The third-order valence-corrected chi connectivity index (χ3v) is 3.99. The normalized spacial score (nSPS) is 18.2. The van der Waals surface area contributed by atoms with Crippen molar-refractivity contribution in [2.24, 2.45) is 0 Å². The molecule has 2 rings (SSSR count). The van der Waals surface area contributed by atoms with Gasteiger partial charge in [-0.05, 0) is 37.8 Å². The van der Waals surface area contributed by atoms with Crippen LogP contribution < -0.4 is 0 Å². The van der Waals surface area contributed by atoms with Crippen molar-refractivity contribution in [2.75, 3.05) is 12.4 Å². The van der Waals surface area contributed by atoms with Crippen molar-refractivity contribution in [1.29, 1.82) is 0 Å². The lowest BCUT2D eigenvalue weighted by atomic mass is 10.0. The van der Waals surface area contributed by atoms with Gasteiger partial charge in [0.2, 0.25) is 0 Å². The first kappa shape index (κ1) is 11.7.